The molecule has 5 heteroatoms. The Morgan fingerprint density at radius 1 is 1.50 bits per heavy atom. The Balaban J connectivity index is 4.23. The van der Waals surface area contributed by atoms with Crippen LogP contribution in [0.2, 0.25) is 0 Å². The van der Waals surface area contributed by atoms with Gasteiger partial charge in [0.05, 0.1) is 0 Å². The van der Waals surface area contributed by atoms with Gasteiger partial charge >= 0.3 is 12.0 Å². The van der Waals surface area contributed by atoms with Gasteiger partial charge in [0.15, 0.2) is 0 Å². The highest BCUT2D eigenvalue weighted by molar-refractivity contribution is 5.85. The number of rotatable bonds is 7. The van der Waals surface area contributed by atoms with Gasteiger partial charge in [0.2, 0.25) is 0 Å². The Bertz CT molecular complexity index is 266. The number of carboxylic acid groups (broad SMARTS) is 1. The maximum absolute atomic E-state index is 11.4. The van der Waals surface area contributed by atoms with Gasteiger partial charge < -0.3 is 15.7 Å². The van der Waals surface area contributed by atoms with E-state index in [2.05, 4.69) is 17.2 Å². The second-order valence-corrected chi connectivity index (χ2v) is 3.85. The fourth-order valence-corrected chi connectivity index (χ4v) is 1.31. The Hall–Kier alpha value is -1.52. The van der Waals surface area contributed by atoms with Crippen molar-refractivity contribution in [2.24, 2.45) is 0 Å². The van der Waals surface area contributed by atoms with E-state index in [1.54, 1.807) is 6.08 Å². The van der Waals surface area contributed by atoms with Crippen LogP contribution in [0.4, 0.5) is 4.79 Å². The molecular formula is C11H20N2O3. The molecule has 1 unspecified atom stereocenters. The standard InChI is InChI=1S/C11H20N2O3/c1-4-6-8-12-10(16)13-11(3,7-5-2)9(14)15/h4H,1,5-8H2,2-3H3,(H,14,15)(H2,12,13,16). The van der Waals surface area contributed by atoms with Crippen LogP contribution in [0.15, 0.2) is 12.7 Å². The predicted octanol–water partition coefficient (Wildman–Crippen LogP) is 1.51. The molecule has 0 bridgehead atoms. The molecule has 92 valence electrons. The summed E-state index contributed by atoms with van der Waals surface area (Å²) in [6, 6.07) is -0.458. The van der Waals surface area contributed by atoms with Crippen LogP contribution in [0.5, 0.6) is 0 Å². The molecule has 0 aromatic rings. The largest absolute Gasteiger partial charge is 0.480 e. The fraction of sp³-hybridized carbons (Fsp3) is 0.636. The van der Waals surface area contributed by atoms with Crippen molar-refractivity contribution in [2.75, 3.05) is 6.54 Å². The van der Waals surface area contributed by atoms with Gasteiger partial charge in [-0.05, 0) is 19.8 Å². The zero-order chi connectivity index (χ0) is 12.6. The lowest BCUT2D eigenvalue weighted by atomic mass is 9.97. The molecule has 2 amide bonds. The summed E-state index contributed by atoms with van der Waals surface area (Å²) in [5.74, 6) is -1.02. The molecule has 0 aromatic heterocycles. The zero-order valence-corrected chi connectivity index (χ0v) is 9.88. The van der Waals surface area contributed by atoms with Gasteiger partial charge in [-0.2, -0.15) is 0 Å². The fourth-order valence-electron chi connectivity index (χ4n) is 1.31. The SMILES string of the molecule is C=CCCNC(=O)NC(C)(CCC)C(=O)O. The molecule has 0 aliphatic carbocycles. The number of urea groups is 1. The summed E-state index contributed by atoms with van der Waals surface area (Å²) in [5.41, 5.74) is -1.20. The monoisotopic (exact) mass is 228 g/mol. The molecule has 0 aromatic carbocycles. The molecule has 0 aliphatic heterocycles. The third-order valence-electron chi connectivity index (χ3n) is 2.25. The van der Waals surface area contributed by atoms with E-state index in [0.29, 0.717) is 25.8 Å². The van der Waals surface area contributed by atoms with E-state index in [1.165, 1.54) is 6.92 Å². The van der Waals surface area contributed by atoms with Crippen LogP contribution in [0, 0.1) is 0 Å². The van der Waals surface area contributed by atoms with Gasteiger partial charge in [-0.3, -0.25) is 0 Å². The van der Waals surface area contributed by atoms with Crippen molar-refractivity contribution in [3.8, 4) is 0 Å². The molecule has 16 heavy (non-hydrogen) atoms. The molecule has 1 atom stereocenters. The smallest absolute Gasteiger partial charge is 0.329 e. The highest BCUT2D eigenvalue weighted by Gasteiger charge is 2.33. The lowest BCUT2D eigenvalue weighted by molar-refractivity contribution is -0.144. The van der Waals surface area contributed by atoms with E-state index in [1.807, 2.05) is 6.92 Å². The van der Waals surface area contributed by atoms with Crippen LogP contribution >= 0.6 is 0 Å². The van der Waals surface area contributed by atoms with Crippen molar-refractivity contribution in [1.29, 1.82) is 0 Å². The molecule has 0 heterocycles. The van der Waals surface area contributed by atoms with E-state index in [0.717, 1.165) is 0 Å². The zero-order valence-electron chi connectivity index (χ0n) is 9.88. The summed E-state index contributed by atoms with van der Waals surface area (Å²) in [6.07, 6.45) is 3.43. The maximum Gasteiger partial charge on any atom is 0.329 e. The third-order valence-corrected chi connectivity index (χ3v) is 2.25. The lowest BCUT2D eigenvalue weighted by Crippen LogP contribution is -2.55. The number of carboxylic acids is 1. The number of hydrogen-bond donors (Lipinski definition) is 3. The number of carbonyl (C=O) groups is 2. The van der Waals surface area contributed by atoms with Gasteiger partial charge in [-0.15, -0.1) is 6.58 Å². The lowest BCUT2D eigenvalue weighted by Gasteiger charge is -2.25. The minimum Gasteiger partial charge on any atom is -0.480 e. The average Bonchev–Trinajstić information content (AvgIpc) is 2.18. The van der Waals surface area contributed by atoms with Crippen molar-refractivity contribution < 1.29 is 14.7 Å². The summed E-state index contributed by atoms with van der Waals surface area (Å²) in [5, 5.41) is 14.1. The van der Waals surface area contributed by atoms with E-state index in [4.69, 9.17) is 5.11 Å². The van der Waals surface area contributed by atoms with Crippen molar-refractivity contribution in [2.45, 2.75) is 38.6 Å². The Morgan fingerprint density at radius 3 is 2.56 bits per heavy atom. The molecule has 0 radical (unpaired) electrons. The Kier molecular flexibility index (Phi) is 6.22. The number of hydrogen-bond acceptors (Lipinski definition) is 2. The summed E-state index contributed by atoms with van der Waals surface area (Å²) in [6.45, 7) is 7.36. The van der Waals surface area contributed by atoms with Crippen LogP contribution in [-0.2, 0) is 4.79 Å². The highest BCUT2D eigenvalue weighted by Crippen LogP contribution is 2.12. The first-order chi connectivity index (χ1) is 7.46. The van der Waals surface area contributed by atoms with Crippen molar-refractivity contribution >= 4 is 12.0 Å². The minimum absolute atomic E-state index is 0.400. The molecule has 5 nitrogen and oxygen atoms in total. The summed E-state index contributed by atoms with van der Waals surface area (Å²) in [7, 11) is 0. The van der Waals surface area contributed by atoms with Crippen LogP contribution in [-0.4, -0.2) is 29.2 Å². The van der Waals surface area contributed by atoms with Gasteiger partial charge in [-0.25, -0.2) is 9.59 Å². The minimum atomic E-state index is -1.20. The first-order valence-corrected chi connectivity index (χ1v) is 5.36. The second-order valence-electron chi connectivity index (χ2n) is 3.85. The van der Waals surface area contributed by atoms with Gasteiger partial charge in [0.25, 0.3) is 0 Å². The summed E-state index contributed by atoms with van der Waals surface area (Å²) < 4.78 is 0. The molecular weight excluding hydrogens is 208 g/mol. The highest BCUT2D eigenvalue weighted by atomic mass is 16.4. The first-order valence-electron chi connectivity index (χ1n) is 5.36. The number of amides is 2. The van der Waals surface area contributed by atoms with Crippen LogP contribution in [0.25, 0.3) is 0 Å². The van der Waals surface area contributed by atoms with E-state index >= 15 is 0 Å². The molecule has 0 aliphatic rings. The van der Waals surface area contributed by atoms with E-state index in [-0.39, 0.29) is 0 Å². The third kappa shape index (κ3) is 4.82. The Morgan fingerprint density at radius 2 is 2.12 bits per heavy atom. The molecule has 0 fully saturated rings. The van der Waals surface area contributed by atoms with Crippen molar-refractivity contribution in [3.63, 3.8) is 0 Å². The first kappa shape index (κ1) is 14.5. The normalized spacial score (nSPS) is 13.6. The van der Waals surface area contributed by atoms with E-state index < -0.39 is 17.5 Å². The average molecular weight is 228 g/mol. The second kappa shape index (κ2) is 6.87. The molecule has 0 spiro atoms. The van der Waals surface area contributed by atoms with Crippen molar-refractivity contribution in [3.05, 3.63) is 12.7 Å². The predicted molar refractivity (Wildman–Crippen MR) is 62.3 cm³/mol. The summed E-state index contributed by atoms with van der Waals surface area (Å²) in [4.78, 5) is 22.4. The quantitative estimate of drug-likeness (QED) is 0.456. The Labute approximate surface area is 95.9 Å². The molecule has 0 saturated carbocycles. The van der Waals surface area contributed by atoms with E-state index in [9.17, 15) is 9.59 Å². The molecule has 0 saturated heterocycles. The van der Waals surface area contributed by atoms with Crippen molar-refractivity contribution in [1.82, 2.24) is 10.6 Å². The number of aliphatic carboxylic acids is 1. The summed E-state index contributed by atoms with van der Waals surface area (Å²) >= 11 is 0. The van der Waals surface area contributed by atoms with Gasteiger partial charge in [0, 0.05) is 6.54 Å². The molecule has 3 N–H and O–H groups in total. The number of nitrogens with one attached hydrogen (secondary N) is 2. The number of carbonyl (C=O) groups excluding carboxylic acids is 1. The van der Waals surface area contributed by atoms with Crippen LogP contribution < -0.4 is 10.6 Å². The van der Waals surface area contributed by atoms with Gasteiger partial charge in [-0.1, -0.05) is 19.4 Å². The topological polar surface area (TPSA) is 78.4 Å². The maximum atomic E-state index is 11.4. The van der Waals surface area contributed by atoms with Crippen LogP contribution in [0.1, 0.15) is 33.1 Å². The van der Waals surface area contributed by atoms with Crippen LogP contribution in [0.3, 0.4) is 0 Å². The molecule has 0 rings (SSSR count). The van der Waals surface area contributed by atoms with Gasteiger partial charge in [0.1, 0.15) is 5.54 Å².